The molecule has 29 heavy (non-hydrogen) atoms. The van der Waals surface area contributed by atoms with Crippen molar-refractivity contribution < 1.29 is 17.6 Å². The molecule has 0 bridgehead atoms. The number of rotatable bonds is 5. The molecule has 1 aliphatic rings. The van der Waals surface area contributed by atoms with E-state index in [0.717, 1.165) is 11.6 Å². The summed E-state index contributed by atoms with van der Waals surface area (Å²) in [6.07, 6.45) is 0. The fraction of sp³-hybridized carbons (Fsp3) is 0.300. The number of hydrogen-bond acceptors (Lipinski definition) is 5. The van der Waals surface area contributed by atoms with E-state index in [-0.39, 0.29) is 22.9 Å². The Balaban J connectivity index is 1.55. The summed E-state index contributed by atoms with van der Waals surface area (Å²) in [5.41, 5.74) is 1.19. The van der Waals surface area contributed by atoms with Gasteiger partial charge in [0.2, 0.25) is 15.9 Å². The molecule has 9 heteroatoms. The highest BCUT2D eigenvalue weighted by Gasteiger charge is 2.29. The predicted molar refractivity (Wildman–Crippen MR) is 106 cm³/mol. The molecule has 0 aliphatic carbocycles. The Labute approximate surface area is 169 Å². The van der Waals surface area contributed by atoms with E-state index in [4.69, 9.17) is 5.26 Å². The highest BCUT2D eigenvalue weighted by atomic mass is 32.2. The van der Waals surface area contributed by atoms with Gasteiger partial charge < -0.3 is 5.32 Å². The van der Waals surface area contributed by atoms with Crippen LogP contribution in [0, 0.1) is 24.1 Å². The van der Waals surface area contributed by atoms with Crippen LogP contribution in [0.3, 0.4) is 0 Å². The fourth-order valence-electron chi connectivity index (χ4n) is 3.08. The third kappa shape index (κ3) is 4.98. The summed E-state index contributed by atoms with van der Waals surface area (Å²) >= 11 is 0. The quantitative estimate of drug-likeness (QED) is 0.804. The normalized spacial score (nSPS) is 15.6. The van der Waals surface area contributed by atoms with E-state index in [1.54, 1.807) is 30.3 Å². The van der Waals surface area contributed by atoms with Crippen LogP contribution in [0.25, 0.3) is 0 Å². The Morgan fingerprint density at radius 2 is 1.79 bits per heavy atom. The molecular weight excluding hydrogens is 395 g/mol. The van der Waals surface area contributed by atoms with Crippen LogP contribution in [0.15, 0.2) is 47.4 Å². The van der Waals surface area contributed by atoms with Crippen molar-refractivity contribution in [2.45, 2.75) is 11.8 Å². The van der Waals surface area contributed by atoms with Crippen molar-refractivity contribution in [3.63, 3.8) is 0 Å². The lowest BCUT2D eigenvalue weighted by molar-refractivity contribution is -0.117. The minimum absolute atomic E-state index is 0.0810. The molecule has 7 nitrogen and oxygen atoms in total. The number of hydrogen-bond donors (Lipinski definition) is 1. The molecule has 1 N–H and O–H groups in total. The van der Waals surface area contributed by atoms with Crippen LogP contribution >= 0.6 is 0 Å². The first-order valence-corrected chi connectivity index (χ1v) is 10.5. The standard InChI is InChI=1S/C20H21FN4O3S/c1-15-2-5-18(6-3-15)29(27,28)25-10-8-24(9-11-25)14-20(26)23-17-4-7-19(21)16(12-17)13-22/h2-7,12H,8-11,14H2,1H3,(H,23,26). The van der Waals surface area contributed by atoms with Gasteiger partial charge in [0.05, 0.1) is 17.0 Å². The topological polar surface area (TPSA) is 93.5 Å². The maximum atomic E-state index is 13.4. The van der Waals surface area contributed by atoms with E-state index in [9.17, 15) is 17.6 Å². The molecule has 3 rings (SSSR count). The highest BCUT2D eigenvalue weighted by molar-refractivity contribution is 7.89. The molecule has 2 aromatic rings. The van der Waals surface area contributed by atoms with Gasteiger partial charge in [0.15, 0.2) is 0 Å². The number of amides is 1. The van der Waals surface area contributed by atoms with E-state index in [0.29, 0.717) is 31.9 Å². The van der Waals surface area contributed by atoms with Gasteiger partial charge in [0.1, 0.15) is 11.9 Å². The summed E-state index contributed by atoms with van der Waals surface area (Å²) in [6.45, 7) is 3.40. The van der Waals surface area contributed by atoms with Gasteiger partial charge in [0, 0.05) is 31.9 Å². The first kappa shape index (κ1) is 20.9. The number of piperazine rings is 1. The van der Waals surface area contributed by atoms with Crippen LogP contribution in [0.5, 0.6) is 0 Å². The maximum absolute atomic E-state index is 13.4. The Morgan fingerprint density at radius 1 is 1.14 bits per heavy atom. The van der Waals surface area contributed by atoms with Crippen LogP contribution in [-0.2, 0) is 14.8 Å². The van der Waals surface area contributed by atoms with Crippen molar-refractivity contribution in [1.29, 1.82) is 5.26 Å². The summed E-state index contributed by atoms with van der Waals surface area (Å²) in [5.74, 6) is -0.952. The number of sulfonamides is 1. The van der Waals surface area contributed by atoms with Gasteiger partial charge >= 0.3 is 0 Å². The molecule has 1 fully saturated rings. The molecule has 2 aromatic carbocycles. The third-order valence-corrected chi connectivity index (χ3v) is 6.64. The number of nitriles is 1. The maximum Gasteiger partial charge on any atom is 0.243 e. The smallest absolute Gasteiger partial charge is 0.243 e. The van der Waals surface area contributed by atoms with Crippen LogP contribution in [0.2, 0.25) is 0 Å². The SMILES string of the molecule is Cc1ccc(S(=O)(=O)N2CCN(CC(=O)Nc3ccc(F)c(C#N)c3)CC2)cc1. The summed E-state index contributed by atoms with van der Waals surface area (Å²) in [4.78, 5) is 14.4. The number of benzene rings is 2. The van der Waals surface area contributed by atoms with Crippen LogP contribution in [0.4, 0.5) is 10.1 Å². The van der Waals surface area contributed by atoms with Crippen molar-refractivity contribution in [3.8, 4) is 6.07 Å². The molecule has 0 saturated carbocycles. The van der Waals surface area contributed by atoms with Crippen molar-refractivity contribution in [2.24, 2.45) is 0 Å². The second kappa shape index (κ2) is 8.69. The number of nitrogens with one attached hydrogen (secondary N) is 1. The minimum atomic E-state index is -3.55. The van der Waals surface area contributed by atoms with Crippen molar-refractivity contribution in [3.05, 3.63) is 59.4 Å². The van der Waals surface area contributed by atoms with Crippen LogP contribution in [0.1, 0.15) is 11.1 Å². The first-order valence-electron chi connectivity index (χ1n) is 9.08. The molecular formula is C20H21FN4O3S. The van der Waals surface area contributed by atoms with Gasteiger partial charge in [-0.1, -0.05) is 17.7 Å². The fourth-order valence-corrected chi connectivity index (χ4v) is 4.50. The average molecular weight is 416 g/mol. The summed E-state index contributed by atoms with van der Waals surface area (Å²) in [7, 11) is -3.55. The Morgan fingerprint density at radius 3 is 2.41 bits per heavy atom. The van der Waals surface area contributed by atoms with Crippen LogP contribution in [-0.4, -0.2) is 56.3 Å². The molecule has 1 saturated heterocycles. The zero-order chi connectivity index (χ0) is 21.0. The highest BCUT2D eigenvalue weighted by Crippen LogP contribution is 2.18. The summed E-state index contributed by atoms with van der Waals surface area (Å²) < 4.78 is 40.2. The Kier molecular flexibility index (Phi) is 6.27. The second-order valence-electron chi connectivity index (χ2n) is 6.85. The number of aryl methyl sites for hydroxylation is 1. The first-order chi connectivity index (χ1) is 13.8. The van der Waals surface area contributed by atoms with E-state index < -0.39 is 15.8 Å². The molecule has 0 radical (unpaired) electrons. The molecule has 1 aliphatic heterocycles. The van der Waals surface area contributed by atoms with Crippen molar-refractivity contribution in [2.75, 3.05) is 38.0 Å². The lowest BCUT2D eigenvalue weighted by Crippen LogP contribution is -2.50. The Hall–Kier alpha value is -2.80. The number of carbonyl (C=O) groups is 1. The molecule has 0 aromatic heterocycles. The number of anilines is 1. The third-order valence-electron chi connectivity index (χ3n) is 4.73. The van der Waals surface area contributed by atoms with Gasteiger partial charge in [-0.05, 0) is 37.3 Å². The monoisotopic (exact) mass is 416 g/mol. The predicted octanol–water partition coefficient (Wildman–Crippen LogP) is 1.95. The number of carbonyl (C=O) groups excluding carboxylic acids is 1. The zero-order valence-corrected chi connectivity index (χ0v) is 16.7. The molecule has 0 atom stereocenters. The average Bonchev–Trinajstić information content (AvgIpc) is 2.70. The lowest BCUT2D eigenvalue weighted by atomic mass is 10.2. The number of nitrogens with zero attached hydrogens (tertiary/aromatic N) is 3. The van der Waals surface area contributed by atoms with E-state index in [1.807, 2.05) is 11.8 Å². The molecule has 0 unspecified atom stereocenters. The Bertz CT molecular complexity index is 1040. The molecule has 0 spiro atoms. The van der Waals surface area contributed by atoms with Gasteiger partial charge in [-0.3, -0.25) is 9.69 Å². The lowest BCUT2D eigenvalue weighted by Gasteiger charge is -2.33. The molecule has 1 heterocycles. The van der Waals surface area contributed by atoms with E-state index in [2.05, 4.69) is 5.32 Å². The minimum Gasteiger partial charge on any atom is -0.325 e. The number of halogens is 1. The van der Waals surface area contributed by atoms with E-state index in [1.165, 1.54) is 16.4 Å². The zero-order valence-electron chi connectivity index (χ0n) is 15.9. The van der Waals surface area contributed by atoms with Gasteiger partial charge in [0.25, 0.3) is 0 Å². The molecule has 1 amide bonds. The van der Waals surface area contributed by atoms with Gasteiger partial charge in [-0.25, -0.2) is 12.8 Å². The molecule has 152 valence electrons. The van der Waals surface area contributed by atoms with Crippen LogP contribution < -0.4 is 5.32 Å². The summed E-state index contributed by atoms with van der Waals surface area (Å²) in [5, 5.41) is 11.5. The van der Waals surface area contributed by atoms with Gasteiger partial charge in [-0.2, -0.15) is 9.57 Å². The van der Waals surface area contributed by atoms with Crippen molar-refractivity contribution in [1.82, 2.24) is 9.21 Å². The van der Waals surface area contributed by atoms with Gasteiger partial charge in [-0.15, -0.1) is 0 Å². The second-order valence-corrected chi connectivity index (χ2v) is 8.79. The van der Waals surface area contributed by atoms with Crippen molar-refractivity contribution >= 4 is 21.6 Å². The summed E-state index contributed by atoms with van der Waals surface area (Å²) in [6, 6.07) is 12.2. The van der Waals surface area contributed by atoms with E-state index >= 15 is 0 Å². The largest absolute Gasteiger partial charge is 0.325 e.